The lowest BCUT2D eigenvalue weighted by atomic mass is 10.1. The number of hydrogen-bond donors (Lipinski definition) is 1. The first-order valence-corrected chi connectivity index (χ1v) is 8.79. The summed E-state index contributed by atoms with van der Waals surface area (Å²) in [5, 5.41) is 3.61. The van der Waals surface area contributed by atoms with Crippen molar-refractivity contribution in [3.8, 4) is 0 Å². The molecule has 1 saturated heterocycles. The molecule has 1 aliphatic heterocycles. The molecule has 0 aromatic carbocycles. The van der Waals surface area contributed by atoms with Crippen molar-refractivity contribution in [2.24, 2.45) is 0 Å². The SMILES string of the molecule is Cc1noc(C)c1S(=O)(=O)NC1CN(c2cc(C(F)(F)F)ccn2)C1. The van der Waals surface area contributed by atoms with Gasteiger partial charge in [-0.2, -0.15) is 13.2 Å². The van der Waals surface area contributed by atoms with Crippen LogP contribution in [0.4, 0.5) is 19.0 Å². The molecule has 2 aromatic heterocycles. The first kappa shape index (κ1) is 17.7. The summed E-state index contributed by atoms with van der Waals surface area (Å²) in [6, 6.07) is 1.40. The predicted octanol–water partition coefficient (Wildman–Crippen LogP) is 1.87. The second-order valence-corrected chi connectivity index (χ2v) is 7.43. The number of nitrogens with one attached hydrogen (secondary N) is 1. The average Bonchev–Trinajstić information content (AvgIpc) is 2.81. The molecule has 0 aliphatic carbocycles. The fourth-order valence-electron chi connectivity index (χ4n) is 2.64. The number of pyridine rings is 1. The summed E-state index contributed by atoms with van der Waals surface area (Å²) in [4.78, 5) is 5.46. The fourth-order valence-corrected chi connectivity index (χ4v) is 4.19. The van der Waals surface area contributed by atoms with Gasteiger partial charge in [0.25, 0.3) is 0 Å². The highest BCUT2D eigenvalue weighted by Crippen LogP contribution is 2.31. The Labute approximate surface area is 141 Å². The number of rotatable bonds is 4. The lowest BCUT2D eigenvalue weighted by Crippen LogP contribution is -2.59. The molecule has 11 heteroatoms. The summed E-state index contributed by atoms with van der Waals surface area (Å²) in [5.41, 5.74) is -0.544. The van der Waals surface area contributed by atoms with Crippen LogP contribution in [0.1, 0.15) is 17.0 Å². The first-order valence-electron chi connectivity index (χ1n) is 7.31. The monoisotopic (exact) mass is 376 g/mol. The van der Waals surface area contributed by atoms with E-state index < -0.39 is 27.8 Å². The molecule has 3 heterocycles. The van der Waals surface area contributed by atoms with E-state index in [4.69, 9.17) is 4.52 Å². The van der Waals surface area contributed by atoms with Crippen molar-refractivity contribution in [3.63, 3.8) is 0 Å². The summed E-state index contributed by atoms with van der Waals surface area (Å²) >= 11 is 0. The predicted molar refractivity (Wildman–Crippen MR) is 81.5 cm³/mol. The van der Waals surface area contributed by atoms with Crippen molar-refractivity contribution in [1.82, 2.24) is 14.9 Å². The Morgan fingerprint density at radius 2 is 2.00 bits per heavy atom. The summed E-state index contributed by atoms with van der Waals surface area (Å²) in [6.45, 7) is 3.45. The number of anilines is 1. The van der Waals surface area contributed by atoms with E-state index in [0.29, 0.717) is 0 Å². The standard InChI is InChI=1S/C14H15F3N4O3S/c1-8-13(9(2)24-19-8)25(22,23)20-11-6-21(7-11)12-5-10(3-4-18-12)14(15,16)17/h3-5,11,20H,6-7H2,1-2H3. The summed E-state index contributed by atoms with van der Waals surface area (Å²) in [7, 11) is -3.81. The van der Waals surface area contributed by atoms with E-state index in [1.54, 1.807) is 4.90 Å². The third kappa shape index (κ3) is 3.47. The van der Waals surface area contributed by atoms with Crippen LogP contribution in [0.15, 0.2) is 27.7 Å². The van der Waals surface area contributed by atoms with Gasteiger partial charge < -0.3 is 9.42 Å². The van der Waals surface area contributed by atoms with E-state index in [1.165, 1.54) is 13.8 Å². The highest BCUT2D eigenvalue weighted by Gasteiger charge is 2.36. The van der Waals surface area contributed by atoms with E-state index in [2.05, 4.69) is 14.9 Å². The second-order valence-electron chi connectivity index (χ2n) is 5.78. The maximum absolute atomic E-state index is 12.7. The molecule has 25 heavy (non-hydrogen) atoms. The minimum Gasteiger partial charge on any atom is -0.360 e. The van der Waals surface area contributed by atoms with Gasteiger partial charge in [0, 0.05) is 19.3 Å². The van der Waals surface area contributed by atoms with Crippen LogP contribution in [-0.2, 0) is 16.2 Å². The van der Waals surface area contributed by atoms with Crippen molar-refractivity contribution in [3.05, 3.63) is 35.3 Å². The highest BCUT2D eigenvalue weighted by molar-refractivity contribution is 7.89. The lowest BCUT2D eigenvalue weighted by molar-refractivity contribution is -0.137. The molecule has 0 amide bonds. The minimum atomic E-state index is -4.45. The number of hydrogen-bond acceptors (Lipinski definition) is 6. The zero-order chi connectivity index (χ0) is 18.4. The maximum atomic E-state index is 12.7. The van der Waals surface area contributed by atoms with Gasteiger partial charge in [-0.25, -0.2) is 18.1 Å². The third-order valence-electron chi connectivity index (χ3n) is 3.84. The van der Waals surface area contributed by atoms with Crippen LogP contribution in [0.2, 0.25) is 0 Å². The molecule has 0 bridgehead atoms. The van der Waals surface area contributed by atoms with Gasteiger partial charge in [-0.1, -0.05) is 5.16 Å². The number of sulfonamides is 1. The maximum Gasteiger partial charge on any atom is 0.416 e. The van der Waals surface area contributed by atoms with Crippen molar-refractivity contribution < 1.29 is 26.1 Å². The Morgan fingerprint density at radius 1 is 1.32 bits per heavy atom. The molecule has 136 valence electrons. The van der Waals surface area contributed by atoms with Crippen LogP contribution in [0.3, 0.4) is 0 Å². The van der Waals surface area contributed by atoms with Crippen LogP contribution >= 0.6 is 0 Å². The summed E-state index contributed by atoms with van der Waals surface area (Å²) in [6.07, 6.45) is -3.37. The average molecular weight is 376 g/mol. The highest BCUT2D eigenvalue weighted by atomic mass is 32.2. The Kier molecular flexibility index (Phi) is 4.23. The molecule has 0 saturated carbocycles. The van der Waals surface area contributed by atoms with Crippen LogP contribution in [0, 0.1) is 13.8 Å². The molecule has 0 radical (unpaired) electrons. The van der Waals surface area contributed by atoms with Crippen LogP contribution in [-0.4, -0.2) is 37.7 Å². The zero-order valence-electron chi connectivity index (χ0n) is 13.3. The van der Waals surface area contributed by atoms with Crippen LogP contribution in [0.5, 0.6) is 0 Å². The van der Waals surface area contributed by atoms with Gasteiger partial charge in [-0.3, -0.25) is 0 Å². The van der Waals surface area contributed by atoms with Crippen molar-refractivity contribution in [2.75, 3.05) is 18.0 Å². The molecule has 2 aromatic rings. The van der Waals surface area contributed by atoms with E-state index in [0.717, 1.165) is 18.3 Å². The van der Waals surface area contributed by atoms with Gasteiger partial charge >= 0.3 is 6.18 Å². The van der Waals surface area contributed by atoms with E-state index in [1.807, 2.05) is 0 Å². The van der Waals surface area contributed by atoms with Crippen LogP contribution in [0.25, 0.3) is 0 Å². The zero-order valence-corrected chi connectivity index (χ0v) is 14.1. The molecule has 0 unspecified atom stereocenters. The Balaban J connectivity index is 1.67. The molecule has 1 N–H and O–H groups in total. The first-order chi connectivity index (χ1) is 11.6. The van der Waals surface area contributed by atoms with Crippen molar-refractivity contribution >= 4 is 15.8 Å². The lowest BCUT2D eigenvalue weighted by Gasteiger charge is -2.40. The normalized spacial score (nSPS) is 16.1. The molecule has 0 atom stereocenters. The van der Waals surface area contributed by atoms with Crippen molar-refractivity contribution in [2.45, 2.75) is 31.0 Å². The summed E-state index contributed by atoms with van der Waals surface area (Å²) < 4.78 is 70.3. The van der Waals surface area contributed by atoms with Crippen LogP contribution < -0.4 is 9.62 Å². The fraction of sp³-hybridized carbons (Fsp3) is 0.429. The second kappa shape index (κ2) is 5.99. The topological polar surface area (TPSA) is 88.3 Å². The number of halogens is 3. The summed E-state index contributed by atoms with van der Waals surface area (Å²) in [5.74, 6) is 0.336. The van der Waals surface area contributed by atoms with E-state index in [9.17, 15) is 21.6 Å². The number of nitrogens with zero attached hydrogens (tertiary/aromatic N) is 3. The van der Waals surface area contributed by atoms with Gasteiger partial charge in [0.15, 0.2) is 5.76 Å². The molecule has 3 rings (SSSR count). The third-order valence-corrected chi connectivity index (χ3v) is 5.60. The molecule has 0 spiro atoms. The minimum absolute atomic E-state index is 0.0110. The molecule has 1 aliphatic rings. The van der Waals surface area contributed by atoms with E-state index in [-0.39, 0.29) is 35.3 Å². The van der Waals surface area contributed by atoms with Gasteiger partial charge in [0.1, 0.15) is 16.4 Å². The number of aromatic nitrogens is 2. The smallest absolute Gasteiger partial charge is 0.360 e. The number of aryl methyl sites for hydroxylation is 2. The Bertz CT molecular complexity index is 869. The molecular formula is C14H15F3N4O3S. The quantitative estimate of drug-likeness (QED) is 0.877. The van der Waals surface area contributed by atoms with Gasteiger partial charge in [-0.15, -0.1) is 0 Å². The Morgan fingerprint density at radius 3 is 2.56 bits per heavy atom. The Hall–Kier alpha value is -2.14. The van der Waals surface area contributed by atoms with Gasteiger partial charge in [0.2, 0.25) is 10.0 Å². The van der Waals surface area contributed by atoms with Gasteiger partial charge in [0.05, 0.1) is 11.6 Å². The number of alkyl halides is 3. The molecule has 7 nitrogen and oxygen atoms in total. The van der Waals surface area contributed by atoms with Gasteiger partial charge in [-0.05, 0) is 26.0 Å². The van der Waals surface area contributed by atoms with Crippen molar-refractivity contribution in [1.29, 1.82) is 0 Å². The largest absolute Gasteiger partial charge is 0.416 e. The molecule has 1 fully saturated rings. The van der Waals surface area contributed by atoms with E-state index >= 15 is 0 Å². The molecular weight excluding hydrogens is 361 g/mol.